The van der Waals surface area contributed by atoms with Gasteiger partial charge in [-0.15, -0.1) is 0 Å². The molecule has 3 N–H and O–H groups in total. The van der Waals surface area contributed by atoms with Crippen LogP contribution < -0.4 is 16.2 Å². The molecule has 0 aromatic heterocycles. The van der Waals surface area contributed by atoms with Crippen LogP contribution in [0.1, 0.15) is 23.3 Å². The minimum atomic E-state index is -0.956. The molecular formula is C18H15NO4. The van der Waals surface area contributed by atoms with Gasteiger partial charge in [-0.1, -0.05) is 60.7 Å². The van der Waals surface area contributed by atoms with E-state index in [1.165, 1.54) is 0 Å². The highest BCUT2D eigenvalue weighted by Crippen LogP contribution is 2.33. The summed E-state index contributed by atoms with van der Waals surface area (Å²) in [5.74, 6) is -0.587. The Morgan fingerprint density at radius 1 is 0.783 bits per heavy atom. The predicted molar refractivity (Wildman–Crippen MR) is 87.2 cm³/mol. The van der Waals surface area contributed by atoms with Gasteiger partial charge in [0.15, 0.2) is 5.75 Å². The number of aliphatic hydroxyl groups is 1. The van der Waals surface area contributed by atoms with Gasteiger partial charge in [0, 0.05) is 0 Å². The van der Waals surface area contributed by atoms with Gasteiger partial charge in [-0.25, -0.2) is 0 Å². The SMILES string of the molecule is O=c1c(O)c(N[C@@H](c2ccccc2)[C@H](O)c2ccccc2)c1=O. The summed E-state index contributed by atoms with van der Waals surface area (Å²) in [6.45, 7) is 0. The highest BCUT2D eigenvalue weighted by atomic mass is 16.3. The van der Waals surface area contributed by atoms with E-state index >= 15 is 0 Å². The quantitative estimate of drug-likeness (QED) is 0.626. The van der Waals surface area contributed by atoms with Crippen molar-refractivity contribution < 1.29 is 10.2 Å². The molecule has 0 radical (unpaired) electrons. The van der Waals surface area contributed by atoms with E-state index in [4.69, 9.17) is 0 Å². The minimum absolute atomic E-state index is 0.154. The number of nitrogens with one attached hydrogen (secondary N) is 1. The van der Waals surface area contributed by atoms with E-state index in [0.29, 0.717) is 5.56 Å². The van der Waals surface area contributed by atoms with E-state index in [0.717, 1.165) is 5.56 Å². The summed E-state index contributed by atoms with van der Waals surface area (Å²) in [5, 5.41) is 23.0. The van der Waals surface area contributed by atoms with E-state index in [9.17, 15) is 19.8 Å². The second kappa shape index (κ2) is 6.06. The Morgan fingerprint density at radius 3 is 1.83 bits per heavy atom. The average Bonchev–Trinajstić information content (AvgIpc) is 2.62. The van der Waals surface area contributed by atoms with Crippen LogP contribution in [0.2, 0.25) is 0 Å². The first kappa shape index (κ1) is 15.0. The minimum Gasteiger partial charge on any atom is -0.502 e. The molecule has 0 heterocycles. The third-order valence-corrected chi connectivity index (χ3v) is 3.80. The van der Waals surface area contributed by atoms with Gasteiger partial charge >= 0.3 is 0 Å². The van der Waals surface area contributed by atoms with Gasteiger partial charge in [0.2, 0.25) is 0 Å². The van der Waals surface area contributed by atoms with Gasteiger partial charge in [-0.05, 0) is 11.1 Å². The van der Waals surface area contributed by atoms with Crippen LogP contribution in [-0.2, 0) is 0 Å². The lowest BCUT2D eigenvalue weighted by molar-refractivity contribution is 0.154. The van der Waals surface area contributed by atoms with Gasteiger partial charge in [0.1, 0.15) is 11.8 Å². The Kier molecular flexibility index (Phi) is 3.95. The lowest BCUT2D eigenvalue weighted by Gasteiger charge is -2.26. The van der Waals surface area contributed by atoms with Crippen molar-refractivity contribution in [2.24, 2.45) is 0 Å². The van der Waals surface area contributed by atoms with Gasteiger partial charge in [0.05, 0.1) is 6.04 Å². The molecule has 23 heavy (non-hydrogen) atoms. The molecule has 0 saturated carbocycles. The molecule has 0 fully saturated rings. The topological polar surface area (TPSA) is 86.6 Å². The first-order chi connectivity index (χ1) is 11.1. The van der Waals surface area contributed by atoms with Gasteiger partial charge in [-0.2, -0.15) is 0 Å². The summed E-state index contributed by atoms with van der Waals surface area (Å²) in [4.78, 5) is 22.8. The zero-order chi connectivity index (χ0) is 16.4. The zero-order valence-corrected chi connectivity index (χ0v) is 12.1. The third-order valence-electron chi connectivity index (χ3n) is 3.80. The first-order valence-electron chi connectivity index (χ1n) is 7.16. The predicted octanol–water partition coefficient (Wildman–Crippen LogP) is 1.87. The molecule has 116 valence electrons. The summed E-state index contributed by atoms with van der Waals surface area (Å²) < 4.78 is 0. The number of aliphatic hydroxyl groups excluding tert-OH is 1. The van der Waals surface area contributed by atoms with E-state index in [-0.39, 0.29) is 5.69 Å². The van der Waals surface area contributed by atoms with Crippen molar-refractivity contribution in [3.63, 3.8) is 0 Å². The van der Waals surface area contributed by atoms with Crippen LogP contribution in [0, 0.1) is 0 Å². The van der Waals surface area contributed by atoms with Crippen molar-refractivity contribution >= 4 is 5.69 Å². The molecule has 0 bridgehead atoms. The van der Waals surface area contributed by atoms with Gasteiger partial charge in [0.25, 0.3) is 10.9 Å². The molecule has 3 aromatic carbocycles. The van der Waals surface area contributed by atoms with Crippen molar-refractivity contribution in [2.45, 2.75) is 12.1 Å². The van der Waals surface area contributed by atoms with E-state index in [2.05, 4.69) is 5.32 Å². The Hall–Kier alpha value is -2.92. The lowest BCUT2D eigenvalue weighted by atomic mass is 9.95. The number of hydrogen-bond donors (Lipinski definition) is 3. The van der Waals surface area contributed by atoms with Crippen LogP contribution in [0.15, 0.2) is 70.3 Å². The maximum atomic E-state index is 11.6. The molecular weight excluding hydrogens is 294 g/mol. The standard InChI is InChI=1S/C18H15NO4/c20-15(12-9-5-2-6-10-12)13(11-7-3-1-4-8-11)19-14-16(21)18(23)17(14)22/h1-10,13,15,19-21H/t13-,15+/m0/s1. The van der Waals surface area contributed by atoms with Crippen LogP contribution in [0.3, 0.4) is 0 Å². The van der Waals surface area contributed by atoms with Gasteiger partial charge < -0.3 is 15.5 Å². The largest absolute Gasteiger partial charge is 0.502 e. The van der Waals surface area contributed by atoms with E-state index in [1.54, 1.807) is 36.4 Å². The van der Waals surface area contributed by atoms with Crippen LogP contribution in [-0.4, -0.2) is 10.2 Å². The lowest BCUT2D eigenvalue weighted by Crippen LogP contribution is -2.35. The number of aromatic hydroxyl groups is 1. The van der Waals surface area contributed by atoms with Crippen molar-refractivity contribution in [1.29, 1.82) is 0 Å². The molecule has 0 unspecified atom stereocenters. The molecule has 0 spiro atoms. The number of benzene rings is 2. The molecule has 0 aliphatic carbocycles. The Bertz CT molecular complexity index is 867. The fourth-order valence-corrected chi connectivity index (χ4v) is 2.52. The number of rotatable bonds is 5. The van der Waals surface area contributed by atoms with Crippen molar-refractivity contribution in [2.75, 3.05) is 5.32 Å². The fourth-order valence-electron chi connectivity index (χ4n) is 2.52. The molecule has 3 aromatic rings. The Morgan fingerprint density at radius 2 is 1.30 bits per heavy atom. The molecule has 0 aliphatic rings. The summed E-state index contributed by atoms with van der Waals surface area (Å²) in [5.41, 5.74) is -0.445. The first-order valence-corrected chi connectivity index (χ1v) is 7.16. The normalized spacial score (nSPS) is 13.6. The maximum Gasteiger partial charge on any atom is 0.271 e. The monoisotopic (exact) mass is 309 g/mol. The average molecular weight is 309 g/mol. The highest BCUT2D eigenvalue weighted by molar-refractivity contribution is 5.62. The van der Waals surface area contributed by atoms with Gasteiger partial charge in [-0.3, -0.25) is 9.59 Å². The van der Waals surface area contributed by atoms with Crippen molar-refractivity contribution in [3.8, 4) is 5.75 Å². The van der Waals surface area contributed by atoms with Crippen molar-refractivity contribution in [1.82, 2.24) is 0 Å². The van der Waals surface area contributed by atoms with Crippen LogP contribution in [0.4, 0.5) is 5.69 Å². The Balaban J connectivity index is 1.98. The van der Waals surface area contributed by atoms with E-state index in [1.807, 2.05) is 24.3 Å². The molecule has 5 nitrogen and oxygen atoms in total. The fraction of sp³-hybridized carbons (Fsp3) is 0.111. The molecule has 0 amide bonds. The van der Waals surface area contributed by atoms with Crippen LogP contribution >= 0.6 is 0 Å². The summed E-state index contributed by atoms with van der Waals surface area (Å²) >= 11 is 0. The third kappa shape index (κ3) is 2.74. The summed E-state index contributed by atoms with van der Waals surface area (Å²) in [7, 11) is 0. The molecule has 3 rings (SSSR count). The number of hydrogen-bond acceptors (Lipinski definition) is 5. The summed E-state index contributed by atoms with van der Waals surface area (Å²) in [6.07, 6.45) is -0.956. The molecule has 5 heteroatoms. The second-order valence-corrected chi connectivity index (χ2v) is 5.27. The maximum absolute atomic E-state index is 11.6. The highest BCUT2D eigenvalue weighted by Gasteiger charge is 2.28. The van der Waals surface area contributed by atoms with E-state index < -0.39 is 28.8 Å². The number of anilines is 1. The van der Waals surface area contributed by atoms with Crippen LogP contribution in [0.25, 0.3) is 0 Å². The second-order valence-electron chi connectivity index (χ2n) is 5.27. The van der Waals surface area contributed by atoms with Crippen molar-refractivity contribution in [3.05, 3.63) is 92.2 Å². The Labute approximate surface area is 132 Å². The molecule has 2 atom stereocenters. The summed E-state index contributed by atoms with van der Waals surface area (Å²) in [6, 6.07) is 17.4. The zero-order valence-electron chi connectivity index (χ0n) is 12.1. The molecule has 0 saturated heterocycles. The molecule has 0 aliphatic heterocycles. The smallest absolute Gasteiger partial charge is 0.271 e. The van der Waals surface area contributed by atoms with Crippen LogP contribution in [0.5, 0.6) is 5.75 Å².